The third-order valence-corrected chi connectivity index (χ3v) is 2.89. The normalized spacial score (nSPS) is 11.1. The Morgan fingerprint density at radius 3 is 2.94 bits per heavy atom. The van der Waals surface area contributed by atoms with E-state index in [-0.39, 0.29) is 0 Å². The van der Waals surface area contributed by atoms with Crippen LogP contribution < -0.4 is 5.73 Å². The van der Waals surface area contributed by atoms with Gasteiger partial charge in [-0.05, 0) is 24.6 Å². The van der Waals surface area contributed by atoms with Gasteiger partial charge in [0.15, 0.2) is 0 Å². The highest BCUT2D eigenvalue weighted by Gasteiger charge is 2.02. The summed E-state index contributed by atoms with van der Waals surface area (Å²) in [6.45, 7) is 3.22. The molecule has 2 N–H and O–H groups in total. The first-order valence-corrected chi connectivity index (χ1v) is 6.02. The van der Waals surface area contributed by atoms with Crippen molar-refractivity contribution >= 4 is 16.6 Å². The number of nitrogens with zero attached hydrogens (tertiary/aromatic N) is 2. The van der Waals surface area contributed by atoms with E-state index in [0.29, 0.717) is 0 Å². The first-order chi connectivity index (χ1) is 7.81. The fraction of sp³-hybridized carbons (Fsp3) is 0.462. The molecule has 0 radical (unpaired) electrons. The van der Waals surface area contributed by atoms with Gasteiger partial charge in [0.1, 0.15) is 0 Å². The molecule has 1 aromatic carbocycles. The van der Waals surface area contributed by atoms with E-state index in [1.54, 1.807) is 0 Å². The molecule has 0 aliphatic carbocycles. The lowest BCUT2D eigenvalue weighted by Gasteiger charge is -2.03. The number of nitrogen functional groups attached to an aromatic ring is 1. The zero-order valence-electron chi connectivity index (χ0n) is 9.82. The predicted octanol–water partition coefficient (Wildman–Crippen LogP) is 3.20. The molecule has 0 unspecified atom stereocenters. The van der Waals surface area contributed by atoms with E-state index in [4.69, 9.17) is 5.73 Å². The number of hydrogen-bond acceptors (Lipinski definition) is 2. The second kappa shape index (κ2) is 5.01. The number of rotatable bonds is 5. The minimum atomic E-state index is 0.808. The topological polar surface area (TPSA) is 43.8 Å². The molecule has 0 saturated heterocycles. The van der Waals surface area contributed by atoms with E-state index >= 15 is 0 Å². The molecule has 0 aliphatic rings. The Labute approximate surface area is 96.2 Å². The Kier molecular flexibility index (Phi) is 3.44. The van der Waals surface area contributed by atoms with Gasteiger partial charge >= 0.3 is 0 Å². The monoisotopic (exact) mass is 217 g/mol. The number of fused-ring (bicyclic) bond motifs is 1. The molecule has 0 amide bonds. The van der Waals surface area contributed by atoms with Crippen LogP contribution in [0.4, 0.5) is 5.69 Å². The molecule has 16 heavy (non-hydrogen) atoms. The van der Waals surface area contributed by atoms with Crippen LogP contribution in [0.3, 0.4) is 0 Å². The maximum absolute atomic E-state index is 5.79. The van der Waals surface area contributed by atoms with Gasteiger partial charge in [-0.2, -0.15) is 5.10 Å². The minimum absolute atomic E-state index is 0.808. The van der Waals surface area contributed by atoms with Gasteiger partial charge in [-0.3, -0.25) is 4.68 Å². The Morgan fingerprint density at radius 1 is 1.25 bits per heavy atom. The number of aromatic nitrogens is 2. The van der Waals surface area contributed by atoms with Gasteiger partial charge in [0, 0.05) is 17.6 Å². The van der Waals surface area contributed by atoms with Gasteiger partial charge in [-0.1, -0.05) is 26.2 Å². The molecule has 0 spiro atoms. The zero-order chi connectivity index (χ0) is 11.4. The van der Waals surface area contributed by atoms with Crippen LogP contribution in [-0.2, 0) is 6.54 Å². The van der Waals surface area contributed by atoms with Crippen molar-refractivity contribution in [2.75, 3.05) is 5.73 Å². The minimum Gasteiger partial charge on any atom is -0.399 e. The fourth-order valence-corrected chi connectivity index (χ4v) is 1.95. The second-order valence-electron chi connectivity index (χ2n) is 4.25. The van der Waals surface area contributed by atoms with Crippen molar-refractivity contribution in [1.29, 1.82) is 0 Å². The molecule has 3 heteroatoms. The fourth-order valence-electron chi connectivity index (χ4n) is 1.95. The van der Waals surface area contributed by atoms with Gasteiger partial charge in [0.2, 0.25) is 0 Å². The molecule has 2 aromatic rings. The third kappa shape index (κ3) is 2.35. The number of hydrogen-bond donors (Lipinski definition) is 1. The van der Waals surface area contributed by atoms with Crippen molar-refractivity contribution in [2.24, 2.45) is 0 Å². The summed E-state index contributed by atoms with van der Waals surface area (Å²) >= 11 is 0. The molecule has 0 aliphatic heterocycles. The molecule has 0 atom stereocenters. The molecule has 0 bridgehead atoms. The summed E-state index contributed by atoms with van der Waals surface area (Å²) in [4.78, 5) is 0. The maximum Gasteiger partial charge on any atom is 0.0702 e. The van der Waals surface area contributed by atoms with Gasteiger partial charge in [-0.25, -0.2) is 0 Å². The predicted molar refractivity (Wildman–Crippen MR) is 68.3 cm³/mol. The first kappa shape index (κ1) is 11.0. The van der Waals surface area contributed by atoms with E-state index in [0.717, 1.165) is 17.7 Å². The summed E-state index contributed by atoms with van der Waals surface area (Å²) < 4.78 is 2.06. The molecule has 3 nitrogen and oxygen atoms in total. The average Bonchev–Trinajstić information content (AvgIpc) is 2.67. The average molecular weight is 217 g/mol. The Bertz CT molecular complexity index is 459. The van der Waals surface area contributed by atoms with Crippen LogP contribution in [0, 0.1) is 0 Å². The van der Waals surface area contributed by atoms with Crippen molar-refractivity contribution in [1.82, 2.24) is 9.78 Å². The molecule has 2 rings (SSSR count). The summed E-state index contributed by atoms with van der Waals surface area (Å²) in [5, 5.41) is 5.57. The molecule has 86 valence electrons. The molecule has 1 heterocycles. The smallest absolute Gasteiger partial charge is 0.0702 e. The van der Waals surface area contributed by atoms with E-state index in [9.17, 15) is 0 Å². The van der Waals surface area contributed by atoms with Crippen LogP contribution in [0.5, 0.6) is 0 Å². The van der Waals surface area contributed by atoms with E-state index < -0.39 is 0 Å². The lowest BCUT2D eigenvalue weighted by Crippen LogP contribution is -2.00. The van der Waals surface area contributed by atoms with Crippen molar-refractivity contribution in [3.8, 4) is 0 Å². The van der Waals surface area contributed by atoms with Gasteiger partial charge in [-0.15, -0.1) is 0 Å². The lowest BCUT2D eigenvalue weighted by atomic mass is 10.2. The molecule has 0 fully saturated rings. The number of benzene rings is 1. The molecular formula is C13H19N3. The number of anilines is 1. The summed E-state index contributed by atoms with van der Waals surface area (Å²) in [7, 11) is 0. The largest absolute Gasteiger partial charge is 0.399 e. The van der Waals surface area contributed by atoms with Crippen LogP contribution in [0.25, 0.3) is 10.9 Å². The van der Waals surface area contributed by atoms with Crippen molar-refractivity contribution in [2.45, 2.75) is 39.2 Å². The third-order valence-electron chi connectivity index (χ3n) is 2.89. The van der Waals surface area contributed by atoms with Gasteiger partial charge < -0.3 is 5.73 Å². The number of nitrogens with two attached hydrogens (primary N) is 1. The maximum atomic E-state index is 5.79. The highest BCUT2D eigenvalue weighted by atomic mass is 15.3. The zero-order valence-corrected chi connectivity index (χ0v) is 9.82. The van der Waals surface area contributed by atoms with Crippen LogP contribution in [0.2, 0.25) is 0 Å². The van der Waals surface area contributed by atoms with Crippen molar-refractivity contribution < 1.29 is 0 Å². The Hall–Kier alpha value is -1.51. The number of unbranched alkanes of at least 4 members (excludes halogenated alkanes) is 3. The summed E-state index contributed by atoms with van der Waals surface area (Å²) in [5.41, 5.74) is 7.74. The van der Waals surface area contributed by atoms with Gasteiger partial charge in [0.25, 0.3) is 0 Å². The Morgan fingerprint density at radius 2 is 2.12 bits per heavy atom. The SMILES string of the molecule is CCCCCCn1ncc2ccc(N)cc21. The molecule has 0 saturated carbocycles. The highest BCUT2D eigenvalue weighted by molar-refractivity contribution is 5.81. The van der Waals surface area contributed by atoms with Gasteiger partial charge in [0.05, 0.1) is 11.7 Å². The standard InChI is InChI=1S/C13H19N3/c1-2-3-4-5-8-16-13-9-12(14)7-6-11(13)10-15-16/h6-7,9-10H,2-5,8,14H2,1H3. The molecule has 1 aromatic heterocycles. The quantitative estimate of drug-likeness (QED) is 0.617. The number of aryl methyl sites for hydroxylation is 1. The Balaban J connectivity index is 2.09. The second-order valence-corrected chi connectivity index (χ2v) is 4.25. The van der Waals surface area contributed by atoms with Crippen LogP contribution in [0.1, 0.15) is 32.6 Å². The van der Waals surface area contributed by atoms with E-state index in [1.807, 2.05) is 24.4 Å². The first-order valence-electron chi connectivity index (χ1n) is 6.02. The van der Waals surface area contributed by atoms with Crippen molar-refractivity contribution in [3.63, 3.8) is 0 Å². The summed E-state index contributed by atoms with van der Waals surface area (Å²) in [6, 6.07) is 5.95. The lowest BCUT2D eigenvalue weighted by molar-refractivity contribution is 0.553. The van der Waals surface area contributed by atoms with Crippen LogP contribution in [-0.4, -0.2) is 9.78 Å². The van der Waals surface area contributed by atoms with E-state index in [1.165, 1.54) is 31.1 Å². The van der Waals surface area contributed by atoms with Crippen LogP contribution in [0.15, 0.2) is 24.4 Å². The summed E-state index contributed by atoms with van der Waals surface area (Å²) in [5.74, 6) is 0. The highest BCUT2D eigenvalue weighted by Crippen LogP contribution is 2.17. The summed E-state index contributed by atoms with van der Waals surface area (Å²) in [6.07, 6.45) is 6.96. The van der Waals surface area contributed by atoms with E-state index in [2.05, 4.69) is 16.7 Å². The molecular weight excluding hydrogens is 198 g/mol. The van der Waals surface area contributed by atoms with Crippen molar-refractivity contribution in [3.05, 3.63) is 24.4 Å². The van der Waals surface area contributed by atoms with Crippen LogP contribution >= 0.6 is 0 Å².